The number of likely N-dealkylation sites (tertiary alicyclic amines) is 1. The van der Waals surface area contributed by atoms with Gasteiger partial charge in [0.15, 0.2) is 0 Å². The molecule has 3 aromatic rings. The summed E-state index contributed by atoms with van der Waals surface area (Å²) in [5, 5.41) is 1.15. The average molecular weight is 374 g/mol. The smallest absolute Gasteiger partial charge is 0.227 e. The highest BCUT2D eigenvalue weighted by Crippen LogP contribution is 2.39. The van der Waals surface area contributed by atoms with Crippen LogP contribution in [0.4, 0.5) is 0 Å². The molecule has 2 unspecified atom stereocenters. The van der Waals surface area contributed by atoms with Crippen molar-refractivity contribution in [2.24, 2.45) is 0 Å². The Kier molecular flexibility index (Phi) is 4.44. The number of amides is 1. The van der Waals surface area contributed by atoms with Gasteiger partial charge in [-0.05, 0) is 61.2 Å². The summed E-state index contributed by atoms with van der Waals surface area (Å²) in [5.41, 5.74) is 4.92. The van der Waals surface area contributed by atoms with Crippen LogP contribution in [0.5, 0.6) is 0 Å². The summed E-state index contributed by atoms with van der Waals surface area (Å²) in [4.78, 5) is 21.2. The van der Waals surface area contributed by atoms with E-state index in [1.807, 2.05) is 24.2 Å². The van der Waals surface area contributed by atoms with E-state index < -0.39 is 0 Å². The highest BCUT2D eigenvalue weighted by atomic mass is 16.2. The lowest BCUT2D eigenvalue weighted by Crippen LogP contribution is -2.44. The van der Waals surface area contributed by atoms with Crippen molar-refractivity contribution >= 4 is 16.8 Å². The molecule has 2 heterocycles. The first-order chi connectivity index (χ1) is 13.7. The fourth-order valence-corrected chi connectivity index (χ4v) is 5.17. The molecule has 1 aliphatic carbocycles. The standard InChI is InChI=1S/C24H27N3O/c1-26(23(28)16-18-8-6-10-21-19(18)11-12-25-21)24-20-9-3-2-7-17(20)15-22(24)27-13-4-5-14-27/h2-3,6-12,22,24-25H,4-5,13-16H2,1H3. The second-order valence-electron chi connectivity index (χ2n) is 8.20. The van der Waals surface area contributed by atoms with Crippen LogP contribution in [-0.4, -0.2) is 46.9 Å². The van der Waals surface area contributed by atoms with Crippen molar-refractivity contribution in [3.05, 3.63) is 71.4 Å². The van der Waals surface area contributed by atoms with Crippen LogP contribution < -0.4 is 0 Å². The van der Waals surface area contributed by atoms with Crippen LogP contribution in [0.2, 0.25) is 0 Å². The van der Waals surface area contributed by atoms with Gasteiger partial charge in [-0.15, -0.1) is 0 Å². The molecule has 1 aromatic heterocycles. The van der Waals surface area contributed by atoms with E-state index in [1.165, 1.54) is 24.0 Å². The van der Waals surface area contributed by atoms with Crippen molar-refractivity contribution in [3.8, 4) is 0 Å². The van der Waals surface area contributed by atoms with E-state index in [4.69, 9.17) is 0 Å². The number of fused-ring (bicyclic) bond motifs is 2. The predicted octanol–water partition coefficient (Wildman–Crippen LogP) is 3.93. The van der Waals surface area contributed by atoms with Crippen LogP contribution in [0, 0.1) is 0 Å². The van der Waals surface area contributed by atoms with Crippen molar-refractivity contribution in [1.82, 2.24) is 14.8 Å². The van der Waals surface area contributed by atoms with Crippen LogP contribution in [0.25, 0.3) is 10.9 Å². The van der Waals surface area contributed by atoms with Gasteiger partial charge in [0, 0.05) is 30.2 Å². The van der Waals surface area contributed by atoms with Gasteiger partial charge in [0.05, 0.1) is 12.5 Å². The Morgan fingerprint density at radius 3 is 2.79 bits per heavy atom. The second kappa shape index (κ2) is 7.10. The largest absolute Gasteiger partial charge is 0.361 e. The van der Waals surface area contributed by atoms with E-state index >= 15 is 0 Å². The van der Waals surface area contributed by atoms with Gasteiger partial charge in [-0.1, -0.05) is 36.4 Å². The fourth-order valence-electron chi connectivity index (χ4n) is 5.17. The Bertz CT molecular complexity index is 1000. The van der Waals surface area contributed by atoms with Crippen molar-refractivity contribution in [2.75, 3.05) is 20.1 Å². The summed E-state index contributed by atoms with van der Waals surface area (Å²) in [6.07, 6.45) is 5.97. The molecule has 1 N–H and O–H groups in total. The van der Waals surface area contributed by atoms with Gasteiger partial charge in [-0.25, -0.2) is 0 Å². The van der Waals surface area contributed by atoms with Crippen LogP contribution in [0.3, 0.4) is 0 Å². The van der Waals surface area contributed by atoms with E-state index in [1.54, 1.807) is 0 Å². The Hall–Kier alpha value is -2.59. The number of nitrogens with zero attached hydrogens (tertiary/aromatic N) is 2. The molecule has 5 rings (SSSR count). The maximum Gasteiger partial charge on any atom is 0.227 e. The lowest BCUT2D eigenvalue weighted by atomic mass is 10.0. The summed E-state index contributed by atoms with van der Waals surface area (Å²) in [5.74, 6) is 0.194. The molecule has 0 radical (unpaired) electrons. The molecule has 1 aliphatic heterocycles. The molecule has 1 fully saturated rings. The van der Waals surface area contributed by atoms with Gasteiger partial charge in [-0.2, -0.15) is 0 Å². The summed E-state index contributed by atoms with van der Waals surface area (Å²) < 4.78 is 0. The molecule has 4 heteroatoms. The number of rotatable bonds is 4. The molecule has 0 bridgehead atoms. The fraction of sp³-hybridized carbons (Fsp3) is 0.375. The summed E-state index contributed by atoms with van der Waals surface area (Å²) in [6.45, 7) is 2.31. The summed E-state index contributed by atoms with van der Waals surface area (Å²) in [7, 11) is 2.00. The molecular formula is C24H27N3O. The molecule has 28 heavy (non-hydrogen) atoms. The van der Waals surface area contributed by atoms with Crippen molar-refractivity contribution in [2.45, 2.75) is 37.8 Å². The van der Waals surface area contributed by atoms with Crippen LogP contribution in [0.15, 0.2) is 54.7 Å². The first-order valence-corrected chi connectivity index (χ1v) is 10.3. The number of carbonyl (C=O) groups excluding carboxylic acids is 1. The number of H-pyrrole nitrogens is 1. The molecule has 4 nitrogen and oxygen atoms in total. The van der Waals surface area contributed by atoms with Crippen molar-refractivity contribution in [3.63, 3.8) is 0 Å². The van der Waals surface area contributed by atoms with Gasteiger partial charge in [0.1, 0.15) is 0 Å². The SMILES string of the molecule is CN(C(=O)Cc1cccc2[nH]ccc12)C1c2ccccc2CC1N1CCCC1. The van der Waals surface area contributed by atoms with E-state index in [2.05, 4.69) is 52.3 Å². The normalized spacial score (nSPS) is 21.9. The number of hydrogen-bond acceptors (Lipinski definition) is 2. The molecule has 2 atom stereocenters. The minimum absolute atomic E-state index is 0.146. The minimum Gasteiger partial charge on any atom is -0.361 e. The maximum atomic E-state index is 13.3. The highest BCUT2D eigenvalue weighted by Gasteiger charge is 2.40. The van der Waals surface area contributed by atoms with Gasteiger partial charge in [0.2, 0.25) is 5.91 Å². The molecular weight excluding hydrogens is 346 g/mol. The van der Waals surface area contributed by atoms with E-state index in [9.17, 15) is 4.79 Å². The van der Waals surface area contributed by atoms with Crippen molar-refractivity contribution in [1.29, 1.82) is 0 Å². The number of carbonyl (C=O) groups is 1. The van der Waals surface area contributed by atoms with Crippen LogP contribution >= 0.6 is 0 Å². The predicted molar refractivity (Wildman–Crippen MR) is 112 cm³/mol. The third kappa shape index (κ3) is 2.92. The molecule has 1 saturated heterocycles. The number of likely N-dealkylation sites (N-methyl/N-ethyl adjacent to an activating group) is 1. The van der Waals surface area contributed by atoms with Gasteiger partial charge >= 0.3 is 0 Å². The molecule has 0 spiro atoms. The monoisotopic (exact) mass is 373 g/mol. The second-order valence-corrected chi connectivity index (χ2v) is 8.20. The molecule has 1 amide bonds. The van der Waals surface area contributed by atoms with Gasteiger partial charge in [-0.3, -0.25) is 9.69 Å². The van der Waals surface area contributed by atoms with Crippen LogP contribution in [0.1, 0.15) is 35.6 Å². The summed E-state index contributed by atoms with van der Waals surface area (Å²) >= 11 is 0. The first kappa shape index (κ1) is 17.5. The number of aromatic nitrogens is 1. The third-order valence-electron chi connectivity index (χ3n) is 6.61. The van der Waals surface area contributed by atoms with E-state index in [0.29, 0.717) is 12.5 Å². The maximum absolute atomic E-state index is 13.3. The third-order valence-corrected chi connectivity index (χ3v) is 6.61. The number of hydrogen-bond donors (Lipinski definition) is 1. The van der Waals surface area contributed by atoms with Crippen LogP contribution in [-0.2, 0) is 17.6 Å². The van der Waals surface area contributed by atoms with Gasteiger partial charge < -0.3 is 9.88 Å². The lowest BCUT2D eigenvalue weighted by Gasteiger charge is -2.35. The average Bonchev–Trinajstić information content (AvgIpc) is 3.45. The summed E-state index contributed by atoms with van der Waals surface area (Å²) in [6, 6.07) is 17.4. The Morgan fingerprint density at radius 1 is 1.11 bits per heavy atom. The van der Waals surface area contributed by atoms with Crippen molar-refractivity contribution < 1.29 is 4.79 Å². The lowest BCUT2D eigenvalue weighted by molar-refractivity contribution is -0.132. The highest BCUT2D eigenvalue weighted by molar-refractivity contribution is 5.88. The first-order valence-electron chi connectivity index (χ1n) is 10.3. The zero-order chi connectivity index (χ0) is 19.1. The van der Waals surface area contributed by atoms with Gasteiger partial charge in [0.25, 0.3) is 0 Å². The number of aromatic amines is 1. The zero-order valence-electron chi connectivity index (χ0n) is 16.4. The minimum atomic E-state index is 0.146. The molecule has 2 aliphatic rings. The molecule has 144 valence electrons. The Morgan fingerprint density at radius 2 is 1.93 bits per heavy atom. The molecule has 0 saturated carbocycles. The Balaban J connectivity index is 1.43. The van der Waals surface area contributed by atoms with E-state index in [0.717, 1.165) is 36.0 Å². The Labute approximate surface area is 166 Å². The quantitative estimate of drug-likeness (QED) is 0.753. The topological polar surface area (TPSA) is 39.3 Å². The van der Waals surface area contributed by atoms with E-state index in [-0.39, 0.29) is 11.9 Å². The zero-order valence-corrected chi connectivity index (χ0v) is 16.4. The molecule has 2 aromatic carbocycles. The number of benzene rings is 2. The number of nitrogens with one attached hydrogen (secondary N) is 1.